The summed E-state index contributed by atoms with van der Waals surface area (Å²) in [6.45, 7) is 5.65. The van der Waals surface area contributed by atoms with Crippen LogP contribution in [0.1, 0.15) is 12.5 Å². The first-order valence-corrected chi connectivity index (χ1v) is 4.74. The Morgan fingerprint density at radius 1 is 1.40 bits per heavy atom. The Hall–Kier alpha value is -2.03. The molecule has 15 heavy (non-hydrogen) atoms. The van der Waals surface area contributed by atoms with Gasteiger partial charge < -0.3 is 10.7 Å². The van der Waals surface area contributed by atoms with Gasteiger partial charge in [0.25, 0.3) is 0 Å². The largest absolute Gasteiger partial charge is 0.387 e. The molecule has 2 rings (SSSR count). The maximum Gasteiger partial charge on any atom is 0.0964 e. The van der Waals surface area contributed by atoms with Crippen LogP contribution in [0, 0.1) is 0 Å². The molecule has 0 aliphatic carbocycles. The molecule has 0 saturated heterocycles. The van der Waals surface area contributed by atoms with E-state index in [0.29, 0.717) is 11.5 Å². The van der Waals surface area contributed by atoms with Gasteiger partial charge >= 0.3 is 0 Å². The molecule has 0 radical (unpaired) electrons. The number of amidine groups is 1. The molecule has 0 saturated carbocycles. The molecule has 3 N–H and O–H groups in total. The number of aromatic nitrogens is 1. The number of nitrogens with zero attached hydrogens (tertiary/aromatic N) is 1. The Balaban J connectivity index is 2.53. The van der Waals surface area contributed by atoms with E-state index in [4.69, 9.17) is 5.73 Å². The van der Waals surface area contributed by atoms with E-state index < -0.39 is 0 Å². The minimum atomic E-state index is 0.519. The van der Waals surface area contributed by atoms with E-state index in [1.807, 2.05) is 30.5 Å². The van der Waals surface area contributed by atoms with Gasteiger partial charge in [-0.2, -0.15) is 0 Å². The fraction of sp³-hybridized carbons (Fsp3) is 0.0833. The van der Waals surface area contributed by atoms with Crippen LogP contribution in [0.15, 0.2) is 42.0 Å². The molecule has 0 amide bonds. The predicted octanol–water partition coefficient (Wildman–Crippen LogP) is 2.52. The van der Waals surface area contributed by atoms with Gasteiger partial charge in [-0.15, -0.1) is 0 Å². The Morgan fingerprint density at radius 2 is 2.13 bits per heavy atom. The van der Waals surface area contributed by atoms with E-state index in [0.717, 1.165) is 16.5 Å². The number of fused-ring (bicyclic) bond motifs is 1. The van der Waals surface area contributed by atoms with Crippen molar-refractivity contribution in [3.05, 3.63) is 42.6 Å². The second kappa shape index (κ2) is 3.61. The van der Waals surface area contributed by atoms with Gasteiger partial charge in [-0.1, -0.05) is 24.8 Å². The number of aliphatic imine (C=N–C) groups is 1. The van der Waals surface area contributed by atoms with Crippen LogP contribution in [0.4, 0.5) is 0 Å². The van der Waals surface area contributed by atoms with Crippen LogP contribution in [0.25, 0.3) is 16.6 Å². The van der Waals surface area contributed by atoms with Gasteiger partial charge in [-0.25, -0.2) is 4.99 Å². The lowest BCUT2D eigenvalue weighted by Gasteiger charge is -1.98. The molecule has 0 unspecified atom stereocenters. The number of aromatic amines is 1. The first-order valence-electron chi connectivity index (χ1n) is 4.74. The summed E-state index contributed by atoms with van der Waals surface area (Å²) in [6, 6.07) is 8.04. The van der Waals surface area contributed by atoms with Crippen LogP contribution in [-0.4, -0.2) is 10.8 Å². The number of hydrogen-bond acceptors (Lipinski definition) is 1. The summed E-state index contributed by atoms with van der Waals surface area (Å²) < 4.78 is 0. The number of benzene rings is 1. The van der Waals surface area contributed by atoms with Crippen molar-refractivity contribution in [2.24, 2.45) is 10.7 Å². The lowest BCUT2D eigenvalue weighted by atomic mass is 10.1. The zero-order chi connectivity index (χ0) is 10.8. The van der Waals surface area contributed by atoms with Gasteiger partial charge in [-0.05, 0) is 13.0 Å². The maximum absolute atomic E-state index is 5.52. The minimum absolute atomic E-state index is 0.519. The minimum Gasteiger partial charge on any atom is -0.387 e. The van der Waals surface area contributed by atoms with Crippen LogP contribution < -0.4 is 5.73 Å². The molecule has 1 aromatic carbocycles. The Morgan fingerprint density at radius 3 is 2.87 bits per heavy atom. The fourth-order valence-corrected chi connectivity index (χ4v) is 1.58. The van der Waals surface area contributed by atoms with Gasteiger partial charge in [0.05, 0.1) is 11.5 Å². The summed E-state index contributed by atoms with van der Waals surface area (Å²) >= 11 is 0. The Labute approximate surface area is 88.3 Å². The van der Waals surface area contributed by atoms with Gasteiger partial charge in [0.2, 0.25) is 0 Å². The molecule has 0 aliphatic rings. The highest BCUT2D eigenvalue weighted by Gasteiger charge is 2.04. The highest BCUT2D eigenvalue weighted by atomic mass is 14.9. The van der Waals surface area contributed by atoms with E-state index in [1.54, 1.807) is 6.92 Å². The van der Waals surface area contributed by atoms with Crippen molar-refractivity contribution in [2.75, 3.05) is 0 Å². The number of H-pyrrole nitrogens is 1. The molecule has 0 bridgehead atoms. The van der Waals surface area contributed by atoms with E-state index >= 15 is 0 Å². The number of nitrogens with two attached hydrogens (primary N) is 1. The quantitative estimate of drug-likeness (QED) is 0.566. The van der Waals surface area contributed by atoms with E-state index in [9.17, 15) is 0 Å². The number of para-hydroxylation sites is 1. The molecule has 3 nitrogen and oxygen atoms in total. The van der Waals surface area contributed by atoms with Gasteiger partial charge in [-0.3, -0.25) is 0 Å². The summed E-state index contributed by atoms with van der Waals surface area (Å²) in [5, 5.41) is 1.12. The number of nitrogens with one attached hydrogen (secondary N) is 1. The van der Waals surface area contributed by atoms with Gasteiger partial charge in [0.15, 0.2) is 0 Å². The molecule has 76 valence electrons. The lowest BCUT2D eigenvalue weighted by molar-refractivity contribution is 1.43. The van der Waals surface area contributed by atoms with Gasteiger partial charge in [0, 0.05) is 22.7 Å². The van der Waals surface area contributed by atoms with Crippen molar-refractivity contribution >= 4 is 22.4 Å². The molecule has 1 heterocycles. The summed E-state index contributed by atoms with van der Waals surface area (Å²) in [5.41, 5.74) is 8.29. The van der Waals surface area contributed by atoms with Crippen molar-refractivity contribution in [1.29, 1.82) is 0 Å². The van der Waals surface area contributed by atoms with Crippen LogP contribution >= 0.6 is 0 Å². The lowest BCUT2D eigenvalue weighted by Crippen LogP contribution is -2.04. The average molecular weight is 199 g/mol. The maximum atomic E-state index is 5.52. The zero-order valence-corrected chi connectivity index (χ0v) is 8.62. The summed E-state index contributed by atoms with van der Waals surface area (Å²) in [4.78, 5) is 7.32. The average Bonchev–Trinajstić information content (AvgIpc) is 2.59. The third-order valence-corrected chi connectivity index (χ3v) is 2.21. The molecule has 3 heteroatoms. The first-order chi connectivity index (χ1) is 7.18. The first kappa shape index (κ1) is 9.52. The van der Waals surface area contributed by atoms with E-state index in [2.05, 4.69) is 16.6 Å². The highest BCUT2D eigenvalue weighted by Crippen LogP contribution is 2.24. The molecule has 2 aromatic rings. The zero-order valence-electron chi connectivity index (χ0n) is 8.62. The normalized spacial score (nSPS) is 11.9. The standard InChI is InChI=1S/C12H13N3/c1-8(15-9(2)13)11-7-14-12-6-4-3-5-10(11)12/h3-7,14H,1H2,2H3,(H2,13,15). The molecular formula is C12H13N3. The second-order valence-electron chi connectivity index (χ2n) is 3.45. The molecule has 0 spiro atoms. The molecular weight excluding hydrogens is 186 g/mol. The van der Waals surface area contributed by atoms with Crippen LogP contribution in [0.3, 0.4) is 0 Å². The van der Waals surface area contributed by atoms with Gasteiger partial charge in [0.1, 0.15) is 0 Å². The fourth-order valence-electron chi connectivity index (χ4n) is 1.58. The van der Waals surface area contributed by atoms with Crippen molar-refractivity contribution in [3.63, 3.8) is 0 Å². The number of rotatable bonds is 2. The topological polar surface area (TPSA) is 54.2 Å². The predicted molar refractivity (Wildman–Crippen MR) is 64.6 cm³/mol. The SMILES string of the molecule is C=C(N=C(C)N)c1c[nH]c2ccccc12. The Kier molecular flexibility index (Phi) is 2.29. The summed E-state index contributed by atoms with van der Waals surface area (Å²) in [7, 11) is 0. The van der Waals surface area contributed by atoms with Crippen molar-refractivity contribution in [1.82, 2.24) is 4.98 Å². The van der Waals surface area contributed by atoms with Crippen LogP contribution in [-0.2, 0) is 0 Å². The van der Waals surface area contributed by atoms with Crippen LogP contribution in [0.5, 0.6) is 0 Å². The summed E-state index contributed by atoms with van der Waals surface area (Å²) in [5.74, 6) is 0.519. The van der Waals surface area contributed by atoms with Crippen molar-refractivity contribution < 1.29 is 0 Å². The monoisotopic (exact) mass is 199 g/mol. The van der Waals surface area contributed by atoms with E-state index in [1.165, 1.54) is 0 Å². The third-order valence-electron chi connectivity index (χ3n) is 2.21. The highest BCUT2D eigenvalue weighted by molar-refractivity contribution is 5.94. The number of hydrogen-bond donors (Lipinski definition) is 2. The third kappa shape index (κ3) is 1.76. The molecule has 1 aromatic heterocycles. The van der Waals surface area contributed by atoms with Crippen LogP contribution in [0.2, 0.25) is 0 Å². The molecule has 0 atom stereocenters. The molecule has 0 aliphatic heterocycles. The van der Waals surface area contributed by atoms with Crippen molar-refractivity contribution in [3.8, 4) is 0 Å². The smallest absolute Gasteiger partial charge is 0.0964 e. The summed E-state index contributed by atoms with van der Waals surface area (Å²) in [6.07, 6.45) is 1.90. The van der Waals surface area contributed by atoms with Crippen molar-refractivity contribution in [2.45, 2.75) is 6.92 Å². The second-order valence-corrected chi connectivity index (χ2v) is 3.45. The molecule has 0 fully saturated rings. The van der Waals surface area contributed by atoms with E-state index in [-0.39, 0.29) is 0 Å². The Bertz CT molecular complexity index is 531.